The highest BCUT2D eigenvalue weighted by atomic mass is 16.5. The van der Waals surface area contributed by atoms with E-state index in [0.717, 1.165) is 12.8 Å². The van der Waals surface area contributed by atoms with Crippen molar-refractivity contribution in [3.63, 3.8) is 0 Å². The summed E-state index contributed by atoms with van der Waals surface area (Å²) in [6.45, 7) is 0. The molecule has 0 saturated heterocycles. The second-order valence-electron chi connectivity index (χ2n) is 3.28. The zero-order valence-electron chi connectivity index (χ0n) is 7.32. The van der Waals surface area contributed by atoms with Gasteiger partial charge in [0.2, 0.25) is 5.88 Å². The maximum Gasteiger partial charge on any atom is 0.264 e. The third-order valence-electron chi connectivity index (χ3n) is 2.24. The van der Waals surface area contributed by atoms with Crippen LogP contribution in [0.2, 0.25) is 0 Å². The number of aromatic amines is 1. The van der Waals surface area contributed by atoms with Crippen molar-refractivity contribution in [1.82, 2.24) is 10.2 Å². The van der Waals surface area contributed by atoms with E-state index in [1.807, 2.05) is 0 Å². The van der Waals surface area contributed by atoms with Gasteiger partial charge in [-0.15, -0.1) is 5.10 Å². The first-order valence-electron chi connectivity index (χ1n) is 4.57. The fourth-order valence-corrected chi connectivity index (χ4v) is 1.57. The Bertz CT molecular complexity index is 308. The molecule has 0 amide bonds. The maximum absolute atomic E-state index is 10.7. The third kappa shape index (κ3) is 2.08. The van der Waals surface area contributed by atoms with Crippen LogP contribution < -0.4 is 10.3 Å². The normalized spacial score (nSPS) is 17.5. The van der Waals surface area contributed by atoms with E-state index in [-0.39, 0.29) is 5.56 Å². The van der Waals surface area contributed by atoms with Crippen molar-refractivity contribution < 1.29 is 4.74 Å². The lowest BCUT2D eigenvalue weighted by molar-refractivity contribution is 0.199. The largest absolute Gasteiger partial charge is 0.473 e. The molecular weight excluding hydrogens is 168 g/mol. The molecule has 0 aliphatic heterocycles. The quantitative estimate of drug-likeness (QED) is 0.741. The number of ether oxygens (including phenoxy) is 1. The van der Waals surface area contributed by atoms with Gasteiger partial charge in [0, 0.05) is 12.1 Å². The third-order valence-corrected chi connectivity index (χ3v) is 2.24. The first kappa shape index (κ1) is 8.29. The Morgan fingerprint density at radius 1 is 1.38 bits per heavy atom. The number of nitrogens with zero attached hydrogens (tertiary/aromatic N) is 1. The van der Waals surface area contributed by atoms with Crippen LogP contribution in [0.25, 0.3) is 0 Å². The average molecular weight is 180 g/mol. The molecule has 0 aromatic carbocycles. The summed E-state index contributed by atoms with van der Waals surface area (Å²) < 4.78 is 5.55. The molecule has 2 rings (SSSR count). The van der Waals surface area contributed by atoms with Crippen LogP contribution in [-0.4, -0.2) is 16.3 Å². The zero-order chi connectivity index (χ0) is 9.10. The minimum atomic E-state index is -0.196. The van der Waals surface area contributed by atoms with Crippen molar-refractivity contribution in [2.24, 2.45) is 0 Å². The molecule has 1 aliphatic rings. The number of rotatable bonds is 2. The van der Waals surface area contributed by atoms with Gasteiger partial charge < -0.3 is 4.74 Å². The fraction of sp³-hybridized carbons (Fsp3) is 0.556. The molecule has 0 atom stereocenters. The lowest BCUT2D eigenvalue weighted by Crippen LogP contribution is -2.14. The highest BCUT2D eigenvalue weighted by Gasteiger charge is 2.16. The van der Waals surface area contributed by atoms with Gasteiger partial charge in [-0.05, 0) is 25.7 Å². The Balaban J connectivity index is 2.00. The minimum Gasteiger partial charge on any atom is -0.473 e. The summed E-state index contributed by atoms with van der Waals surface area (Å²) in [5, 5.41) is 6.13. The van der Waals surface area contributed by atoms with Crippen molar-refractivity contribution in [3.05, 3.63) is 22.5 Å². The van der Waals surface area contributed by atoms with Crippen molar-refractivity contribution in [2.75, 3.05) is 0 Å². The van der Waals surface area contributed by atoms with Gasteiger partial charge in [-0.3, -0.25) is 4.79 Å². The number of H-pyrrole nitrogens is 1. The van der Waals surface area contributed by atoms with E-state index >= 15 is 0 Å². The standard InChI is InChI=1S/C9H12N2O2/c12-8-5-6-9(11-10-8)13-7-3-1-2-4-7/h5-7H,1-4H2,(H,10,12). The summed E-state index contributed by atoms with van der Waals surface area (Å²) >= 11 is 0. The molecule has 0 radical (unpaired) electrons. The van der Waals surface area contributed by atoms with Gasteiger partial charge in [0.05, 0.1) is 0 Å². The van der Waals surface area contributed by atoms with Crippen LogP contribution in [0.15, 0.2) is 16.9 Å². The van der Waals surface area contributed by atoms with Crippen molar-refractivity contribution in [2.45, 2.75) is 31.8 Å². The first-order valence-corrected chi connectivity index (χ1v) is 4.57. The van der Waals surface area contributed by atoms with E-state index in [0.29, 0.717) is 12.0 Å². The molecule has 0 spiro atoms. The second-order valence-corrected chi connectivity index (χ2v) is 3.28. The van der Waals surface area contributed by atoms with E-state index in [1.165, 1.54) is 18.9 Å². The maximum atomic E-state index is 10.7. The molecule has 0 unspecified atom stereocenters. The van der Waals surface area contributed by atoms with Crippen LogP contribution in [0.5, 0.6) is 5.88 Å². The number of hydrogen-bond acceptors (Lipinski definition) is 3. The van der Waals surface area contributed by atoms with Crippen molar-refractivity contribution in [3.8, 4) is 5.88 Å². The number of hydrogen-bond donors (Lipinski definition) is 1. The minimum absolute atomic E-state index is 0.196. The second kappa shape index (κ2) is 3.60. The molecule has 1 aromatic rings. The smallest absolute Gasteiger partial charge is 0.264 e. The molecule has 70 valence electrons. The van der Waals surface area contributed by atoms with Crippen LogP contribution in [0, 0.1) is 0 Å². The molecule has 1 aliphatic carbocycles. The molecule has 1 N–H and O–H groups in total. The molecule has 1 saturated carbocycles. The summed E-state index contributed by atoms with van der Waals surface area (Å²) in [5.41, 5.74) is -0.196. The van der Waals surface area contributed by atoms with E-state index in [2.05, 4.69) is 10.2 Å². The molecule has 0 bridgehead atoms. The Morgan fingerprint density at radius 2 is 2.15 bits per heavy atom. The monoisotopic (exact) mass is 180 g/mol. The van der Waals surface area contributed by atoms with Crippen LogP contribution >= 0.6 is 0 Å². The molecular formula is C9H12N2O2. The Hall–Kier alpha value is -1.32. The zero-order valence-corrected chi connectivity index (χ0v) is 7.32. The van der Waals surface area contributed by atoms with Gasteiger partial charge in [-0.2, -0.15) is 0 Å². The summed E-state index contributed by atoms with van der Waals surface area (Å²) in [6, 6.07) is 3.04. The predicted octanol–water partition coefficient (Wildman–Crippen LogP) is 1.09. The summed E-state index contributed by atoms with van der Waals surface area (Å²) in [5.74, 6) is 0.520. The van der Waals surface area contributed by atoms with Gasteiger partial charge >= 0.3 is 0 Å². The van der Waals surface area contributed by atoms with Crippen LogP contribution in [-0.2, 0) is 0 Å². The van der Waals surface area contributed by atoms with Crippen LogP contribution in [0.3, 0.4) is 0 Å². The average Bonchev–Trinajstić information content (AvgIpc) is 2.62. The summed E-state index contributed by atoms with van der Waals surface area (Å²) in [6.07, 6.45) is 4.95. The van der Waals surface area contributed by atoms with E-state index in [1.54, 1.807) is 6.07 Å². The van der Waals surface area contributed by atoms with Gasteiger partial charge in [-0.1, -0.05) is 0 Å². The highest BCUT2D eigenvalue weighted by molar-refractivity contribution is 5.06. The lowest BCUT2D eigenvalue weighted by Gasteiger charge is -2.10. The van der Waals surface area contributed by atoms with Crippen LogP contribution in [0.4, 0.5) is 0 Å². The van der Waals surface area contributed by atoms with E-state index < -0.39 is 0 Å². The molecule has 1 fully saturated rings. The SMILES string of the molecule is O=c1ccc(OC2CCCC2)n[nH]1. The highest BCUT2D eigenvalue weighted by Crippen LogP contribution is 2.21. The van der Waals surface area contributed by atoms with Crippen molar-refractivity contribution in [1.29, 1.82) is 0 Å². The number of nitrogens with one attached hydrogen (secondary N) is 1. The van der Waals surface area contributed by atoms with Gasteiger partial charge in [0.15, 0.2) is 0 Å². The molecule has 4 nitrogen and oxygen atoms in total. The van der Waals surface area contributed by atoms with Crippen LogP contribution in [0.1, 0.15) is 25.7 Å². The molecule has 1 heterocycles. The van der Waals surface area contributed by atoms with E-state index in [4.69, 9.17) is 4.74 Å². The summed E-state index contributed by atoms with van der Waals surface area (Å²) in [7, 11) is 0. The Kier molecular flexibility index (Phi) is 2.29. The number of aromatic nitrogens is 2. The van der Waals surface area contributed by atoms with Gasteiger partial charge in [-0.25, -0.2) is 5.10 Å². The fourth-order valence-electron chi connectivity index (χ4n) is 1.57. The summed E-state index contributed by atoms with van der Waals surface area (Å²) in [4.78, 5) is 10.7. The van der Waals surface area contributed by atoms with E-state index in [9.17, 15) is 4.79 Å². The molecule has 1 aromatic heterocycles. The van der Waals surface area contributed by atoms with Crippen molar-refractivity contribution >= 4 is 0 Å². The lowest BCUT2D eigenvalue weighted by atomic mass is 10.3. The predicted molar refractivity (Wildman–Crippen MR) is 47.7 cm³/mol. The topological polar surface area (TPSA) is 55.0 Å². The van der Waals surface area contributed by atoms with Gasteiger partial charge in [0.1, 0.15) is 6.10 Å². The molecule has 13 heavy (non-hydrogen) atoms. The van der Waals surface area contributed by atoms with Gasteiger partial charge in [0.25, 0.3) is 5.56 Å². The Labute approximate surface area is 75.9 Å². The molecule has 4 heteroatoms. The Morgan fingerprint density at radius 3 is 2.77 bits per heavy atom. The first-order chi connectivity index (χ1) is 6.34.